The first-order valence-electron chi connectivity index (χ1n) is 3.87. The molecular weight excluding hydrogens is 211 g/mol. The maximum atomic E-state index is 10.7. The number of hydrogen-bond donors (Lipinski definition) is 0. The van der Waals surface area contributed by atoms with Crippen molar-refractivity contribution in [2.24, 2.45) is 0 Å². The van der Waals surface area contributed by atoms with Gasteiger partial charge >= 0.3 is 0 Å². The third-order valence-electron chi connectivity index (χ3n) is 2.05. The standard InChI is InChI=1S/C8H6Cl2N2O/c9-7-3-6(11-8(10)12-7)4-1-5(13)2-4/h3-4H,1-2H2. The second kappa shape index (κ2) is 3.24. The molecule has 1 aromatic rings. The summed E-state index contributed by atoms with van der Waals surface area (Å²) in [5, 5.41) is 0.469. The Labute approximate surface area is 85.1 Å². The van der Waals surface area contributed by atoms with Crippen LogP contribution in [0.5, 0.6) is 0 Å². The van der Waals surface area contributed by atoms with Crippen LogP contribution in [0.4, 0.5) is 0 Å². The predicted octanol–water partition coefficient (Wildman–Crippen LogP) is 2.23. The fourth-order valence-corrected chi connectivity index (χ4v) is 1.74. The van der Waals surface area contributed by atoms with E-state index in [2.05, 4.69) is 9.97 Å². The summed E-state index contributed by atoms with van der Waals surface area (Å²) in [5.41, 5.74) is 0.768. The Morgan fingerprint density at radius 2 is 2.00 bits per heavy atom. The highest BCUT2D eigenvalue weighted by atomic mass is 35.5. The van der Waals surface area contributed by atoms with Crippen molar-refractivity contribution in [3.8, 4) is 0 Å². The van der Waals surface area contributed by atoms with Gasteiger partial charge in [0.2, 0.25) is 5.28 Å². The monoisotopic (exact) mass is 216 g/mol. The molecule has 0 spiro atoms. The first-order valence-corrected chi connectivity index (χ1v) is 4.62. The van der Waals surface area contributed by atoms with E-state index < -0.39 is 0 Å². The lowest BCUT2D eigenvalue weighted by molar-refractivity contribution is -0.124. The molecular formula is C8H6Cl2N2O. The molecule has 1 fully saturated rings. The van der Waals surface area contributed by atoms with E-state index in [1.54, 1.807) is 6.07 Å². The zero-order valence-electron chi connectivity index (χ0n) is 6.63. The molecule has 0 aliphatic heterocycles. The van der Waals surface area contributed by atoms with E-state index in [9.17, 15) is 4.79 Å². The molecule has 1 aliphatic carbocycles. The fraction of sp³-hybridized carbons (Fsp3) is 0.375. The molecule has 0 amide bonds. The van der Waals surface area contributed by atoms with Crippen LogP contribution in [0, 0.1) is 0 Å². The second-order valence-electron chi connectivity index (χ2n) is 3.03. The Hall–Kier alpha value is -0.670. The molecule has 0 radical (unpaired) electrons. The van der Waals surface area contributed by atoms with Gasteiger partial charge in [0.25, 0.3) is 0 Å². The van der Waals surface area contributed by atoms with Gasteiger partial charge in [-0.25, -0.2) is 9.97 Å². The number of Topliss-reactive ketones (excluding diaryl/α,β-unsaturated/α-hetero) is 1. The number of hydrogen-bond acceptors (Lipinski definition) is 3. The van der Waals surface area contributed by atoms with Gasteiger partial charge in [-0.3, -0.25) is 4.79 Å². The van der Waals surface area contributed by atoms with Crippen LogP contribution in [0.15, 0.2) is 6.07 Å². The van der Waals surface area contributed by atoms with E-state index in [1.807, 2.05) is 0 Å². The Morgan fingerprint density at radius 3 is 2.54 bits per heavy atom. The number of nitrogens with zero attached hydrogens (tertiary/aromatic N) is 2. The van der Waals surface area contributed by atoms with Gasteiger partial charge in [0, 0.05) is 18.8 Å². The molecule has 0 aromatic carbocycles. The summed E-state index contributed by atoms with van der Waals surface area (Å²) in [7, 11) is 0. The number of ketones is 1. The molecule has 68 valence electrons. The van der Waals surface area contributed by atoms with Crippen molar-refractivity contribution in [2.75, 3.05) is 0 Å². The zero-order valence-corrected chi connectivity index (χ0v) is 8.14. The number of carbonyl (C=O) groups is 1. The van der Waals surface area contributed by atoms with Gasteiger partial charge in [0.15, 0.2) is 0 Å². The number of aromatic nitrogens is 2. The normalized spacial score (nSPS) is 17.2. The molecule has 1 heterocycles. The second-order valence-corrected chi connectivity index (χ2v) is 3.75. The van der Waals surface area contributed by atoms with Crippen LogP contribution in [-0.2, 0) is 4.79 Å². The minimum Gasteiger partial charge on any atom is -0.300 e. The molecule has 1 saturated carbocycles. The summed E-state index contributed by atoms with van der Waals surface area (Å²) >= 11 is 11.3. The van der Waals surface area contributed by atoms with Gasteiger partial charge in [-0.15, -0.1) is 0 Å². The van der Waals surface area contributed by atoms with Crippen molar-refractivity contribution in [2.45, 2.75) is 18.8 Å². The average Bonchev–Trinajstić information content (AvgIpc) is 1.96. The summed E-state index contributed by atoms with van der Waals surface area (Å²) in [4.78, 5) is 18.5. The lowest BCUT2D eigenvalue weighted by Crippen LogP contribution is -2.22. The largest absolute Gasteiger partial charge is 0.300 e. The first-order chi connectivity index (χ1) is 6.15. The predicted molar refractivity (Wildman–Crippen MR) is 49.0 cm³/mol. The molecule has 0 saturated heterocycles. The molecule has 1 aliphatic rings. The summed E-state index contributed by atoms with van der Waals surface area (Å²) in [5.74, 6) is 0.446. The van der Waals surface area contributed by atoms with Gasteiger partial charge < -0.3 is 0 Å². The average molecular weight is 217 g/mol. The highest BCUT2D eigenvalue weighted by Gasteiger charge is 2.29. The van der Waals surface area contributed by atoms with Crippen LogP contribution in [0.1, 0.15) is 24.5 Å². The summed E-state index contributed by atoms with van der Waals surface area (Å²) in [6, 6.07) is 1.66. The maximum absolute atomic E-state index is 10.7. The summed E-state index contributed by atoms with van der Waals surface area (Å²) in [6.07, 6.45) is 1.09. The minimum absolute atomic E-state index is 0.141. The van der Waals surface area contributed by atoms with Gasteiger partial charge in [0.1, 0.15) is 10.9 Å². The van der Waals surface area contributed by atoms with E-state index in [4.69, 9.17) is 23.2 Å². The van der Waals surface area contributed by atoms with Crippen molar-refractivity contribution in [3.05, 3.63) is 22.2 Å². The van der Waals surface area contributed by atoms with Crippen molar-refractivity contribution in [1.29, 1.82) is 0 Å². The van der Waals surface area contributed by atoms with Crippen molar-refractivity contribution < 1.29 is 4.79 Å². The van der Waals surface area contributed by atoms with Gasteiger partial charge in [-0.05, 0) is 17.7 Å². The van der Waals surface area contributed by atoms with Crippen LogP contribution in [0.2, 0.25) is 10.4 Å². The van der Waals surface area contributed by atoms with Crippen LogP contribution < -0.4 is 0 Å². The SMILES string of the molecule is O=C1CC(c2cc(Cl)nc(Cl)n2)C1. The van der Waals surface area contributed by atoms with Crippen molar-refractivity contribution >= 4 is 29.0 Å². The zero-order chi connectivity index (χ0) is 9.42. The van der Waals surface area contributed by atoms with Crippen LogP contribution in [0.25, 0.3) is 0 Å². The molecule has 1 aromatic heterocycles. The van der Waals surface area contributed by atoms with E-state index >= 15 is 0 Å². The molecule has 0 N–H and O–H groups in total. The number of rotatable bonds is 1. The van der Waals surface area contributed by atoms with Gasteiger partial charge in [-0.2, -0.15) is 0 Å². The van der Waals surface area contributed by atoms with Gasteiger partial charge in [0.05, 0.1) is 5.69 Å². The van der Waals surface area contributed by atoms with E-state index in [1.165, 1.54) is 0 Å². The molecule has 2 rings (SSSR count). The Bertz CT molecular complexity index is 339. The molecule has 0 bridgehead atoms. The third kappa shape index (κ3) is 1.81. The molecule has 5 heteroatoms. The Kier molecular flexibility index (Phi) is 2.22. The molecule has 0 atom stereocenters. The fourth-order valence-electron chi connectivity index (χ4n) is 1.31. The topological polar surface area (TPSA) is 42.9 Å². The minimum atomic E-state index is 0.141. The van der Waals surface area contributed by atoms with E-state index in [-0.39, 0.29) is 17.0 Å². The number of halogens is 2. The maximum Gasteiger partial charge on any atom is 0.224 e. The lowest BCUT2D eigenvalue weighted by Gasteiger charge is -2.23. The Morgan fingerprint density at radius 1 is 1.31 bits per heavy atom. The van der Waals surface area contributed by atoms with Crippen LogP contribution in [0.3, 0.4) is 0 Å². The number of carbonyl (C=O) groups excluding carboxylic acids is 1. The van der Waals surface area contributed by atoms with Crippen LogP contribution >= 0.6 is 23.2 Å². The smallest absolute Gasteiger partial charge is 0.224 e. The molecule has 13 heavy (non-hydrogen) atoms. The van der Waals surface area contributed by atoms with Crippen molar-refractivity contribution in [1.82, 2.24) is 9.97 Å². The Balaban J connectivity index is 2.25. The highest BCUT2D eigenvalue weighted by Crippen LogP contribution is 2.33. The highest BCUT2D eigenvalue weighted by molar-refractivity contribution is 6.31. The molecule has 0 unspecified atom stereocenters. The van der Waals surface area contributed by atoms with Crippen molar-refractivity contribution in [3.63, 3.8) is 0 Å². The van der Waals surface area contributed by atoms with E-state index in [0.717, 1.165) is 5.69 Å². The lowest BCUT2D eigenvalue weighted by atomic mass is 9.81. The van der Waals surface area contributed by atoms with Crippen LogP contribution in [-0.4, -0.2) is 15.8 Å². The summed E-state index contributed by atoms with van der Waals surface area (Å²) in [6.45, 7) is 0. The van der Waals surface area contributed by atoms with Gasteiger partial charge in [-0.1, -0.05) is 11.6 Å². The quantitative estimate of drug-likeness (QED) is 0.535. The third-order valence-corrected chi connectivity index (χ3v) is 2.42. The van der Waals surface area contributed by atoms with E-state index in [0.29, 0.717) is 18.0 Å². The molecule has 3 nitrogen and oxygen atoms in total. The first kappa shape index (κ1) is 8.91. The summed E-state index contributed by atoms with van der Waals surface area (Å²) < 4.78 is 0.